The number of rotatable bonds is 8. The maximum Gasteiger partial charge on any atom is 0.387 e. The van der Waals surface area contributed by atoms with Gasteiger partial charge in [0.1, 0.15) is 11.6 Å². The molecule has 0 bridgehead atoms. The van der Waals surface area contributed by atoms with E-state index >= 15 is 0 Å². The number of halogens is 3. The van der Waals surface area contributed by atoms with Crippen LogP contribution in [0.25, 0.3) is 0 Å². The third kappa shape index (κ3) is 4.95. The Kier molecular flexibility index (Phi) is 7.02. The monoisotopic (exact) mass is 421 g/mol. The summed E-state index contributed by atoms with van der Waals surface area (Å²) in [6.07, 6.45) is 2.17. The van der Waals surface area contributed by atoms with Crippen LogP contribution in [0.5, 0.6) is 5.75 Å². The lowest BCUT2D eigenvalue weighted by molar-refractivity contribution is -0.138. The molecule has 7 heteroatoms. The summed E-state index contributed by atoms with van der Waals surface area (Å²) in [5, 5.41) is 9.32. The molecule has 2 atom stereocenters. The van der Waals surface area contributed by atoms with E-state index < -0.39 is 12.0 Å². The molecule has 0 spiro atoms. The molecule has 30 heavy (non-hydrogen) atoms. The second kappa shape index (κ2) is 9.51. The Hall–Kier alpha value is -2.54. The number of amides is 1. The Labute approximate surface area is 174 Å². The number of piperidine rings is 1. The van der Waals surface area contributed by atoms with Crippen molar-refractivity contribution in [3.05, 3.63) is 65.5 Å². The van der Waals surface area contributed by atoms with Crippen molar-refractivity contribution in [2.45, 2.75) is 50.7 Å². The lowest BCUT2D eigenvalue weighted by Gasteiger charge is -2.44. The Bertz CT molecular complexity index is 842. The van der Waals surface area contributed by atoms with E-state index in [1.54, 1.807) is 29.2 Å². The number of benzene rings is 2. The maximum absolute atomic E-state index is 13.4. The number of hydrogen-bond donors (Lipinski definition) is 1. The minimum absolute atomic E-state index is 0.0241. The van der Waals surface area contributed by atoms with Gasteiger partial charge in [-0.1, -0.05) is 24.3 Å². The van der Waals surface area contributed by atoms with Gasteiger partial charge in [-0.15, -0.1) is 0 Å². The zero-order valence-corrected chi connectivity index (χ0v) is 16.9. The van der Waals surface area contributed by atoms with Crippen LogP contribution in [-0.2, 0) is 10.2 Å². The first-order chi connectivity index (χ1) is 14.3. The number of ether oxygens (including phenoxy) is 1. The zero-order valence-electron chi connectivity index (χ0n) is 16.9. The predicted molar refractivity (Wildman–Crippen MR) is 107 cm³/mol. The standard InChI is InChI=1S/C23H26F3NO3/c1-16(17-3-9-20(10-4-17)30-22(25)26)27-13-12-23(11-2-14-28,15-21(27)29)18-5-7-19(24)8-6-18/h3-10,16,22,28H,2,11-15H2,1H3/t16-,23?/m0/s1. The molecule has 1 heterocycles. The zero-order chi connectivity index (χ0) is 21.7. The molecular weight excluding hydrogens is 395 g/mol. The van der Waals surface area contributed by atoms with Crippen LogP contribution in [0.2, 0.25) is 0 Å². The quantitative estimate of drug-likeness (QED) is 0.665. The summed E-state index contributed by atoms with van der Waals surface area (Å²) in [6.45, 7) is -0.433. The highest BCUT2D eigenvalue weighted by atomic mass is 19.3. The van der Waals surface area contributed by atoms with E-state index in [2.05, 4.69) is 4.74 Å². The van der Waals surface area contributed by atoms with Gasteiger partial charge >= 0.3 is 6.61 Å². The summed E-state index contributed by atoms with van der Waals surface area (Å²) < 4.78 is 42.4. The van der Waals surface area contributed by atoms with Gasteiger partial charge in [0.2, 0.25) is 5.91 Å². The van der Waals surface area contributed by atoms with Crippen LogP contribution in [0, 0.1) is 5.82 Å². The molecule has 2 aromatic carbocycles. The van der Waals surface area contributed by atoms with E-state index in [9.17, 15) is 23.1 Å². The normalized spacial score (nSPS) is 20.5. The van der Waals surface area contributed by atoms with Crippen molar-refractivity contribution in [1.82, 2.24) is 4.90 Å². The summed E-state index contributed by atoms with van der Waals surface area (Å²) in [7, 11) is 0. The third-order valence-corrected chi connectivity index (χ3v) is 5.97. The molecule has 2 aromatic rings. The largest absolute Gasteiger partial charge is 0.435 e. The van der Waals surface area contributed by atoms with Crippen LogP contribution < -0.4 is 4.74 Å². The number of carbonyl (C=O) groups excluding carboxylic acids is 1. The molecule has 1 fully saturated rings. The fourth-order valence-electron chi connectivity index (χ4n) is 4.28. The molecule has 1 N–H and O–H groups in total. The van der Waals surface area contributed by atoms with Crippen molar-refractivity contribution in [3.63, 3.8) is 0 Å². The molecule has 162 valence electrons. The van der Waals surface area contributed by atoms with E-state index in [-0.39, 0.29) is 36.5 Å². The van der Waals surface area contributed by atoms with Gasteiger partial charge in [0.05, 0.1) is 6.04 Å². The molecule has 0 aliphatic carbocycles. The minimum Gasteiger partial charge on any atom is -0.435 e. The minimum atomic E-state index is -2.88. The molecule has 4 nitrogen and oxygen atoms in total. The van der Waals surface area contributed by atoms with Gasteiger partial charge < -0.3 is 14.7 Å². The highest BCUT2D eigenvalue weighted by Crippen LogP contribution is 2.42. The summed E-state index contributed by atoms with van der Waals surface area (Å²) in [4.78, 5) is 14.9. The Morgan fingerprint density at radius 1 is 1.13 bits per heavy atom. The van der Waals surface area contributed by atoms with Crippen molar-refractivity contribution in [1.29, 1.82) is 0 Å². The average molecular weight is 421 g/mol. The van der Waals surface area contributed by atoms with Gasteiger partial charge in [-0.3, -0.25) is 4.79 Å². The predicted octanol–water partition coefficient (Wildman–Crippen LogP) is 4.82. The Morgan fingerprint density at radius 2 is 1.80 bits per heavy atom. The summed E-state index contributed by atoms with van der Waals surface area (Å²) in [5.74, 6) is -0.276. The van der Waals surface area contributed by atoms with Gasteiger partial charge in [0, 0.05) is 25.0 Å². The fourth-order valence-corrected chi connectivity index (χ4v) is 4.28. The molecular formula is C23H26F3NO3. The van der Waals surface area contributed by atoms with Gasteiger partial charge in [0.25, 0.3) is 0 Å². The van der Waals surface area contributed by atoms with Crippen LogP contribution in [0.1, 0.15) is 49.8 Å². The van der Waals surface area contributed by atoms with Crippen LogP contribution in [-0.4, -0.2) is 35.7 Å². The smallest absolute Gasteiger partial charge is 0.387 e. The van der Waals surface area contributed by atoms with E-state index in [1.165, 1.54) is 24.3 Å². The van der Waals surface area contributed by atoms with Crippen LogP contribution in [0.15, 0.2) is 48.5 Å². The molecule has 1 saturated heterocycles. The number of carbonyl (C=O) groups is 1. The molecule has 0 saturated carbocycles. The molecule has 0 radical (unpaired) electrons. The maximum atomic E-state index is 13.4. The number of likely N-dealkylation sites (tertiary alicyclic amines) is 1. The first-order valence-corrected chi connectivity index (χ1v) is 10.1. The van der Waals surface area contributed by atoms with Crippen molar-refractivity contribution >= 4 is 5.91 Å². The molecule has 0 aromatic heterocycles. The van der Waals surface area contributed by atoms with Crippen LogP contribution in [0.3, 0.4) is 0 Å². The van der Waals surface area contributed by atoms with Gasteiger partial charge in [-0.2, -0.15) is 8.78 Å². The summed E-state index contributed by atoms with van der Waals surface area (Å²) in [5.41, 5.74) is 1.31. The molecule has 1 aliphatic heterocycles. The molecule has 1 aliphatic rings. The summed E-state index contributed by atoms with van der Waals surface area (Å²) >= 11 is 0. The van der Waals surface area contributed by atoms with Crippen LogP contribution in [0.4, 0.5) is 13.2 Å². The number of nitrogens with zero attached hydrogens (tertiary/aromatic N) is 1. The van der Waals surface area contributed by atoms with Crippen molar-refractivity contribution in [2.24, 2.45) is 0 Å². The Morgan fingerprint density at radius 3 is 2.37 bits per heavy atom. The van der Waals surface area contributed by atoms with Gasteiger partial charge in [-0.05, 0) is 61.6 Å². The summed E-state index contributed by atoms with van der Waals surface area (Å²) in [6, 6.07) is 12.3. The third-order valence-electron chi connectivity index (χ3n) is 5.97. The highest BCUT2D eigenvalue weighted by Gasteiger charge is 2.41. The van der Waals surface area contributed by atoms with E-state index in [4.69, 9.17) is 0 Å². The number of aliphatic hydroxyl groups is 1. The van der Waals surface area contributed by atoms with Gasteiger partial charge in [-0.25, -0.2) is 4.39 Å². The fraction of sp³-hybridized carbons (Fsp3) is 0.435. The topological polar surface area (TPSA) is 49.8 Å². The number of aliphatic hydroxyl groups excluding tert-OH is 1. The molecule has 1 amide bonds. The Balaban J connectivity index is 1.76. The average Bonchev–Trinajstić information content (AvgIpc) is 2.72. The van der Waals surface area contributed by atoms with E-state index in [0.29, 0.717) is 25.8 Å². The second-order valence-corrected chi connectivity index (χ2v) is 7.75. The first kappa shape index (κ1) is 22.2. The highest BCUT2D eigenvalue weighted by molar-refractivity contribution is 5.79. The van der Waals surface area contributed by atoms with E-state index in [0.717, 1.165) is 11.1 Å². The first-order valence-electron chi connectivity index (χ1n) is 10.1. The van der Waals surface area contributed by atoms with E-state index in [1.807, 2.05) is 6.92 Å². The number of alkyl halides is 2. The molecule has 3 rings (SSSR count). The SMILES string of the molecule is C[C@@H](c1ccc(OC(F)F)cc1)N1CCC(CCCO)(c2ccc(F)cc2)CC1=O. The molecule has 1 unspecified atom stereocenters. The van der Waals surface area contributed by atoms with Crippen LogP contribution >= 0.6 is 0 Å². The van der Waals surface area contributed by atoms with Crippen molar-refractivity contribution in [2.75, 3.05) is 13.2 Å². The lowest BCUT2D eigenvalue weighted by atomic mass is 9.69. The second-order valence-electron chi connectivity index (χ2n) is 7.75. The van der Waals surface area contributed by atoms with Gasteiger partial charge in [0.15, 0.2) is 0 Å². The van der Waals surface area contributed by atoms with Crippen molar-refractivity contribution in [3.8, 4) is 5.75 Å². The number of hydrogen-bond acceptors (Lipinski definition) is 3. The van der Waals surface area contributed by atoms with Crippen molar-refractivity contribution < 1.29 is 27.8 Å². The lowest BCUT2D eigenvalue weighted by Crippen LogP contribution is -2.47.